The molecule has 0 saturated heterocycles. The molecule has 1 aromatic carbocycles. The van der Waals surface area contributed by atoms with Gasteiger partial charge in [-0.25, -0.2) is 0 Å². The van der Waals surface area contributed by atoms with Crippen LogP contribution in [0.1, 0.15) is 10.4 Å². The van der Waals surface area contributed by atoms with E-state index >= 15 is 0 Å². The van der Waals surface area contributed by atoms with Crippen molar-refractivity contribution in [3.63, 3.8) is 0 Å². The van der Waals surface area contributed by atoms with Gasteiger partial charge in [0.15, 0.2) is 0 Å². The molecule has 5 heteroatoms. The Kier molecular flexibility index (Phi) is 4.19. The van der Waals surface area contributed by atoms with Gasteiger partial charge in [0.2, 0.25) is 0 Å². The summed E-state index contributed by atoms with van der Waals surface area (Å²) in [6.07, 6.45) is 0. The third-order valence-corrected chi connectivity index (χ3v) is 1.51. The molecule has 0 aromatic heterocycles. The number of carbonyl (C=O) groups is 1. The third-order valence-electron chi connectivity index (χ3n) is 1.21. The SMILES string of the molecule is O=C([O-])c1cccc(Cl)c1O.[Li+]. The van der Waals surface area contributed by atoms with E-state index in [4.69, 9.17) is 16.7 Å². The van der Waals surface area contributed by atoms with Gasteiger partial charge in [-0.2, -0.15) is 0 Å². The molecule has 0 spiro atoms. The minimum Gasteiger partial charge on any atom is -0.545 e. The molecule has 0 atom stereocenters. The van der Waals surface area contributed by atoms with Crippen molar-refractivity contribution in [2.24, 2.45) is 0 Å². The molecule has 0 fully saturated rings. The molecule has 3 nitrogen and oxygen atoms in total. The molecule has 1 rings (SSSR count). The van der Waals surface area contributed by atoms with Crippen LogP contribution in [-0.4, -0.2) is 11.1 Å². The van der Waals surface area contributed by atoms with Gasteiger partial charge in [-0.3, -0.25) is 0 Å². The first-order valence-corrected chi connectivity index (χ1v) is 3.19. The number of hydrogen-bond donors (Lipinski definition) is 1. The van der Waals surface area contributed by atoms with Gasteiger partial charge in [-0.1, -0.05) is 17.7 Å². The van der Waals surface area contributed by atoms with Crippen LogP contribution >= 0.6 is 11.6 Å². The van der Waals surface area contributed by atoms with Gasteiger partial charge in [0, 0.05) is 5.56 Å². The monoisotopic (exact) mass is 178 g/mol. The Morgan fingerprint density at radius 3 is 2.50 bits per heavy atom. The van der Waals surface area contributed by atoms with Crippen LogP contribution in [0, 0.1) is 0 Å². The van der Waals surface area contributed by atoms with Gasteiger partial charge in [-0.15, -0.1) is 0 Å². The molecule has 0 aliphatic rings. The number of phenols is 1. The number of benzene rings is 1. The molecular weight excluding hydrogens is 174 g/mol. The van der Waals surface area contributed by atoms with Crippen molar-refractivity contribution in [1.82, 2.24) is 0 Å². The summed E-state index contributed by atoms with van der Waals surface area (Å²) in [5, 5.41) is 19.3. The van der Waals surface area contributed by atoms with Gasteiger partial charge in [0.1, 0.15) is 5.75 Å². The van der Waals surface area contributed by atoms with Gasteiger partial charge >= 0.3 is 18.9 Å². The number of para-hydroxylation sites is 1. The van der Waals surface area contributed by atoms with Crippen molar-refractivity contribution in [3.05, 3.63) is 28.8 Å². The van der Waals surface area contributed by atoms with Crippen LogP contribution in [0.4, 0.5) is 0 Å². The van der Waals surface area contributed by atoms with E-state index in [-0.39, 0.29) is 29.4 Å². The Labute approximate surface area is 86.1 Å². The van der Waals surface area contributed by atoms with Crippen LogP contribution in [0.25, 0.3) is 0 Å². The van der Waals surface area contributed by atoms with Gasteiger partial charge in [0.05, 0.1) is 11.0 Å². The second kappa shape index (κ2) is 4.41. The maximum Gasteiger partial charge on any atom is 1.00 e. The second-order valence-corrected chi connectivity index (χ2v) is 2.33. The van der Waals surface area contributed by atoms with Crippen molar-refractivity contribution in [2.45, 2.75) is 0 Å². The number of halogens is 1. The average molecular weight is 178 g/mol. The summed E-state index contributed by atoms with van der Waals surface area (Å²) >= 11 is 5.42. The summed E-state index contributed by atoms with van der Waals surface area (Å²) < 4.78 is 0. The summed E-state index contributed by atoms with van der Waals surface area (Å²) in [5.74, 6) is -1.89. The summed E-state index contributed by atoms with van der Waals surface area (Å²) in [7, 11) is 0. The minimum atomic E-state index is -1.44. The molecule has 0 aliphatic heterocycles. The van der Waals surface area contributed by atoms with Crippen LogP contribution in [0.15, 0.2) is 18.2 Å². The Morgan fingerprint density at radius 1 is 1.50 bits per heavy atom. The van der Waals surface area contributed by atoms with E-state index < -0.39 is 11.7 Å². The summed E-state index contributed by atoms with van der Waals surface area (Å²) in [5.41, 5.74) is -0.294. The van der Waals surface area contributed by atoms with Crippen LogP contribution < -0.4 is 24.0 Å². The largest absolute Gasteiger partial charge is 1.00 e. The van der Waals surface area contributed by atoms with Crippen molar-refractivity contribution in [3.8, 4) is 5.75 Å². The summed E-state index contributed by atoms with van der Waals surface area (Å²) in [6.45, 7) is 0. The Balaban J connectivity index is 0.00000121. The molecule has 0 bridgehead atoms. The summed E-state index contributed by atoms with van der Waals surface area (Å²) in [6, 6.07) is 4.03. The number of aromatic hydroxyl groups is 1. The van der Waals surface area contributed by atoms with Gasteiger partial charge < -0.3 is 15.0 Å². The second-order valence-electron chi connectivity index (χ2n) is 1.92. The molecule has 0 aliphatic carbocycles. The zero-order valence-electron chi connectivity index (χ0n) is 6.37. The van der Waals surface area contributed by atoms with E-state index in [0.29, 0.717) is 0 Å². The van der Waals surface area contributed by atoms with E-state index in [1.54, 1.807) is 0 Å². The Hall–Kier alpha value is -0.623. The number of carbonyl (C=O) groups excluding carboxylic acids is 1. The maximum atomic E-state index is 10.2. The maximum absolute atomic E-state index is 10.2. The molecular formula is C7H4ClLiO3. The minimum absolute atomic E-state index is 0. The predicted octanol–water partition coefficient (Wildman–Crippen LogP) is -2.59. The van der Waals surface area contributed by atoms with Crippen molar-refractivity contribution in [2.75, 3.05) is 0 Å². The van der Waals surface area contributed by atoms with Gasteiger partial charge in [-0.05, 0) is 12.1 Å². The first-order chi connectivity index (χ1) is 5.13. The van der Waals surface area contributed by atoms with E-state index in [1.165, 1.54) is 18.2 Å². The van der Waals surface area contributed by atoms with Crippen LogP contribution in [0.2, 0.25) is 5.02 Å². The smallest absolute Gasteiger partial charge is 0.545 e. The molecule has 12 heavy (non-hydrogen) atoms. The van der Waals surface area contributed by atoms with Crippen molar-refractivity contribution in [1.29, 1.82) is 0 Å². The quantitative estimate of drug-likeness (QED) is 0.481. The molecule has 1 N–H and O–H groups in total. The van der Waals surface area contributed by atoms with Crippen LogP contribution in [-0.2, 0) is 0 Å². The Morgan fingerprint density at radius 2 is 2.08 bits per heavy atom. The summed E-state index contributed by atoms with van der Waals surface area (Å²) in [4.78, 5) is 10.2. The average Bonchev–Trinajstić information content (AvgIpc) is 1.94. The van der Waals surface area contributed by atoms with Gasteiger partial charge in [0.25, 0.3) is 0 Å². The molecule has 0 heterocycles. The molecule has 0 unspecified atom stereocenters. The molecule has 0 amide bonds. The fraction of sp³-hybridized carbons (Fsp3) is 0. The first kappa shape index (κ1) is 11.4. The zero-order valence-corrected chi connectivity index (χ0v) is 7.13. The standard InChI is InChI=1S/C7H5ClO3.Li/c8-5-3-1-2-4(6(5)9)7(10)11;/h1-3,9H,(H,10,11);/q;+1/p-1. The van der Waals surface area contributed by atoms with Crippen LogP contribution in [0.5, 0.6) is 5.75 Å². The number of rotatable bonds is 1. The number of carboxylic acid groups (broad SMARTS) is 1. The third kappa shape index (κ3) is 2.18. The molecule has 58 valence electrons. The first-order valence-electron chi connectivity index (χ1n) is 2.81. The van der Waals surface area contributed by atoms with Crippen molar-refractivity contribution < 1.29 is 33.9 Å². The van der Waals surface area contributed by atoms with E-state index in [9.17, 15) is 9.90 Å². The fourth-order valence-electron chi connectivity index (χ4n) is 0.680. The van der Waals surface area contributed by atoms with E-state index in [1.807, 2.05) is 0 Å². The normalized spacial score (nSPS) is 8.75. The number of aromatic carboxylic acids is 1. The van der Waals surface area contributed by atoms with E-state index in [0.717, 1.165) is 0 Å². The Bertz CT molecular complexity index is 301. The topological polar surface area (TPSA) is 60.4 Å². The fourth-order valence-corrected chi connectivity index (χ4v) is 0.855. The van der Waals surface area contributed by atoms with Crippen LogP contribution in [0.3, 0.4) is 0 Å². The van der Waals surface area contributed by atoms with E-state index in [2.05, 4.69) is 0 Å². The zero-order chi connectivity index (χ0) is 8.43. The predicted molar refractivity (Wildman–Crippen MR) is 37.4 cm³/mol. The molecule has 0 radical (unpaired) electrons. The number of carboxylic acids is 1. The molecule has 0 saturated carbocycles. The molecule has 1 aromatic rings. The number of hydrogen-bond acceptors (Lipinski definition) is 3. The van der Waals surface area contributed by atoms with Crippen molar-refractivity contribution >= 4 is 17.6 Å².